The molecule has 27 heavy (non-hydrogen) atoms. The number of rotatable bonds is 2. The highest BCUT2D eigenvalue weighted by Crippen LogP contribution is 2.46. The van der Waals surface area contributed by atoms with Gasteiger partial charge in [0.25, 0.3) is 0 Å². The number of nitrogens with one attached hydrogen (secondary N) is 2. The van der Waals surface area contributed by atoms with Gasteiger partial charge in [0, 0.05) is 43.4 Å². The van der Waals surface area contributed by atoms with Crippen molar-refractivity contribution in [3.63, 3.8) is 0 Å². The summed E-state index contributed by atoms with van der Waals surface area (Å²) in [4.78, 5) is 17.0. The van der Waals surface area contributed by atoms with Gasteiger partial charge in [-0.25, -0.2) is 0 Å². The Labute approximate surface area is 169 Å². The Hall–Kier alpha value is -2.56. The van der Waals surface area contributed by atoms with Crippen LogP contribution in [0.1, 0.15) is 21.5 Å². The average molecular weight is 438 g/mol. The molecule has 0 saturated heterocycles. The zero-order valence-electron chi connectivity index (χ0n) is 14.1. The molecular formula is C22H14BrClN2O. The normalized spacial score (nSPS) is 18.5. The van der Waals surface area contributed by atoms with Crippen LogP contribution in [0.2, 0.25) is 5.02 Å². The van der Waals surface area contributed by atoms with Gasteiger partial charge in [-0.3, -0.25) is 4.79 Å². The first-order valence-corrected chi connectivity index (χ1v) is 9.72. The number of fused-ring (bicyclic) bond motifs is 2. The van der Waals surface area contributed by atoms with Crippen molar-refractivity contribution in [3.8, 4) is 0 Å². The summed E-state index contributed by atoms with van der Waals surface area (Å²) in [6.07, 6.45) is 1.92. The second kappa shape index (κ2) is 5.98. The molecule has 1 aromatic heterocycles. The van der Waals surface area contributed by atoms with E-state index < -0.39 is 5.54 Å². The van der Waals surface area contributed by atoms with Gasteiger partial charge in [0.05, 0.1) is 0 Å². The number of anilines is 1. The van der Waals surface area contributed by atoms with E-state index in [-0.39, 0.29) is 5.78 Å². The fraction of sp³-hybridized carbons (Fsp3) is 0.0455. The Bertz CT molecular complexity index is 1200. The summed E-state index contributed by atoms with van der Waals surface area (Å²) in [5.74, 6) is -0.00461. The fourth-order valence-corrected chi connectivity index (χ4v) is 4.45. The molecule has 5 heteroatoms. The Morgan fingerprint density at radius 3 is 2.59 bits per heavy atom. The maximum Gasteiger partial charge on any atom is 0.199 e. The predicted molar refractivity (Wildman–Crippen MR) is 113 cm³/mol. The molecule has 1 aliphatic rings. The van der Waals surface area contributed by atoms with Crippen molar-refractivity contribution in [1.29, 1.82) is 0 Å². The molecule has 0 spiro atoms. The lowest BCUT2D eigenvalue weighted by Gasteiger charge is -2.29. The standard InChI is InChI=1S/C22H14BrClN2O/c23-14-6-8-16-18(12-25-20(16)10-14)22(13-4-2-1-3-5-13)21(27)17-11-15(24)7-9-19(17)26-22/h1-12,25-26H. The summed E-state index contributed by atoms with van der Waals surface area (Å²) in [5.41, 5.74) is 3.16. The summed E-state index contributed by atoms with van der Waals surface area (Å²) < 4.78 is 0.984. The second-order valence-electron chi connectivity index (χ2n) is 6.65. The van der Waals surface area contributed by atoms with Crippen LogP contribution in [0.4, 0.5) is 5.69 Å². The molecule has 0 radical (unpaired) electrons. The van der Waals surface area contributed by atoms with E-state index in [0.717, 1.165) is 32.2 Å². The molecule has 3 nitrogen and oxygen atoms in total. The molecular weight excluding hydrogens is 424 g/mol. The van der Waals surface area contributed by atoms with Gasteiger partial charge in [-0.05, 0) is 35.9 Å². The molecule has 2 N–H and O–H groups in total. The topological polar surface area (TPSA) is 44.9 Å². The molecule has 1 unspecified atom stereocenters. The van der Waals surface area contributed by atoms with E-state index >= 15 is 0 Å². The smallest absolute Gasteiger partial charge is 0.199 e. The predicted octanol–water partition coefficient (Wildman–Crippen LogP) is 6.14. The Balaban J connectivity index is 1.82. The number of halogens is 2. The zero-order chi connectivity index (χ0) is 18.6. The number of aromatic nitrogens is 1. The third-order valence-corrected chi connectivity index (χ3v) is 5.87. The molecule has 132 valence electrons. The van der Waals surface area contributed by atoms with Crippen molar-refractivity contribution in [3.05, 3.63) is 99.1 Å². The van der Waals surface area contributed by atoms with Gasteiger partial charge in [-0.2, -0.15) is 0 Å². The van der Waals surface area contributed by atoms with E-state index in [4.69, 9.17) is 11.6 Å². The average Bonchev–Trinajstić information content (AvgIpc) is 3.22. The maximum absolute atomic E-state index is 13.7. The number of aromatic amines is 1. The molecule has 3 aromatic carbocycles. The number of hydrogen-bond acceptors (Lipinski definition) is 2. The number of Topliss-reactive ketones (excluding diaryl/α,β-unsaturated/α-hetero) is 1. The third-order valence-electron chi connectivity index (χ3n) is 5.14. The highest BCUT2D eigenvalue weighted by Gasteiger charge is 2.49. The van der Waals surface area contributed by atoms with Gasteiger partial charge in [0.2, 0.25) is 0 Å². The van der Waals surface area contributed by atoms with Gasteiger partial charge in [0.1, 0.15) is 0 Å². The van der Waals surface area contributed by atoms with Crippen molar-refractivity contribution in [2.75, 3.05) is 5.32 Å². The summed E-state index contributed by atoms with van der Waals surface area (Å²) in [7, 11) is 0. The van der Waals surface area contributed by atoms with Gasteiger partial charge in [-0.1, -0.05) is 63.9 Å². The van der Waals surface area contributed by atoms with E-state index in [1.165, 1.54) is 0 Å². The minimum atomic E-state index is -1.000. The van der Waals surface area contributed by atoms with Crippen LogP contribution in [0.5, 0.6) is 0 Å². The van der Waals surface area contributed by atoms with Crippen molar-refractivity contribution < 1.29 is 4.79 Å². The molecule has 4 aromatic rings. The van der Waals surface area contributed by atoms with Crippen LogP contribution in [0.25, 0.3) is 10.9 Å². The van der Waals surface area contributed by atoms with Gasteiger partial charge >= 0.3 is 0 Å². The molecule has 1 atom stereocenters. The first-order valence-electron chi connectivity index (χ1n) is 8.55. The SMILES string of the molecule is O=C1c2cc(Cl)ccc2NC1(c1ccccc1)c1c[nH]c2cc(Br)ccc12. The maximum atomic E-state index is 13.7. The van der Waals surface area contributed by atoms with Crippen molar-refractivity contribution >= 4 is 49.9 Å². The zero-order valence-corrected chi connectivity index (χ0v) is 16.4. The highest BCUT2D eigenvalue weighted by atomic mass is 79.9. The quantitative estimate of drug-likeness (QED) is 0.396. The van der Waals surface area contributed by atoms with Crippen LogP contribution >= 0.6 is 27.5 Å². The second-order valence-corrected chi connectivity index (χ2v) is 8.00. The van der Waals surface area contributed by atoms with Gasteiger partial charge in [0.15, 0.2) is 11.3 Å². The minimum absolute atomic E-state index is 0.00461. The number of benzene rings is 3. The van der Waals surface area contributed by atoms with Gasteiger partial charge in [-0.15, -0.1) is 0 Å². The lowest BCUT2D eigenvalue weighted by atomic mass is 9.79. The summed E-state index contributed by atoms with van der Waals surface area (Å²) in [5, 5.41) is 5.06. The van der Waals surface area contributed by atoms with Crippen molar-refractivity contribution in [2.24, 2.45) is 0 Å². The lowest BCUT2D eigenvalue weighted by Crippen LogP contribution is -2.39. The number of hydrogen-bond donors (Lipinski definition) is 2. The number of carbonyl (C=O) groups is 1. The fourth-order valence-electron chi connectivity index (χ4n) is 3.92. The summed E-state index contributed by atoms with van der Waals surface area (Å²) in [6.45, 7) is 0. The van der Waals surface area contributed by atoms with Crippen LogP contribution in [0.15, 0.2) is 77.4 Å². The van der Waals surface area contributed by atoms with Crippen LogP contribution in [0.3, 0.4) is 0 Å². The van der Waals surface area contributed by atoms with E-state index in [0.29, 0.717) is 10.6 Å². The molecule has 1 aliphatic heterocycles. The van der Waals surface area contributed by atoms with E-state index in [2.05, 4.69) is 26.2 Å². The molecule has 0 saturated carbocycles. The minimum Gasteiger partial charge on any atom is -0.365 e. The van der Waals surface area contributed by atoms with E-state index in [9.17, 15) is 4.79 Å². The van der Waals surface area contributed by atoms with Crippen molar-refractivity contribution in [1.82, 2.24) is 4.98 Å². The van der Waals surface area contributed by atoms with Crippen LogP contribution in [-0.2, 0) is 5.54 Å². The van der Waals surface area contributed by atoms with Crippen LogP contribution in [0, 0.1) is 0 Å². The number of carbonyl (C=O) groups excluding carboxylic acids is 1. The first-order chi connectivity index (χ1) is 13.1. The third kappa shape index (κ3) is 2.37. The Kier molecular flexibility index (Phi) is 3.67. The largest absolute Gasteiger partial charge is 0.365 e. The Morgan fingerprint density at radius 1 is 0.963 bits per heavy atom. The number of ketones is 1. The molecule has 0 fully saturated rings. The molecule has 0 bridgehead atoms. The summed E-state index contributed by atoms with van der Waals surface area (Å²) in [6, 6.07) is 21.3. The molecule has 0 aliphatic carbocycles. The van der Waals surface area contributed by atoms with Gasteiger partial charge < -0.3 is 10.3 Å². The monoisotopic (exact) mass is 436 g/mol. The number of H-pyrrole nitrogens is 1. The molecule has 0 amide bonds. The first kappa shape index (κ1) is 16.6. The molecule has 2 heterocycles. The summed E-state index contributed by atoms with van der Waals surface area (Å²) >= 11 is 9.68. The molecule has 5 rings (SSSR count). The lowest BCUT2D eigenvalue weighted by molar-refractivity contribution is 0.0941. The van der Waals surface area contributed by atoms with E-state index in [1.807, 2.05) is 60.8 Å². The van der Waals surface area contributed by atoms with Crippen LogP contribution < -0.4 is 5.32 Å². The Morgan fingerprint density at radius 2 is 1.78 bits per heavy atom. The van der Waals surface area contributed by atoms with Crippen molar-refractivity contribution in [2.45, 2.75) is 5.54 Å². The van der Waals surface area contributed by atoms with Crippen LogP contribution in [-0.4, -0.2) is 10.8 Å². The highest BCUT2D eigenvalue weighted by molar-refractivity contribution is 9.10. The van der Waals surface area contributed by atoms with E-state index in [1.54, 1.807) is 12.1 Å².